The molecule has 2 aromatic rings. The molecule has 0 aliphatic rings. The van der Waals surface area contributed by atoms with Crippen LogP contribution in [0.1, 0.15) is 40.3 Å². The van der Waals surface area contributed by atoms with Crippen LogP contribution in [-0.2, 0) is 19.0 Å². The average molecular weight is 326 g/mol. The molecule has 1 amide bonds. The molecule has 0 saturated heterocycles. The molecule has 2 aromatic heterocycles. The lowest BCUT2D eigenvalue weighted by Gasteiger charge is -2.09. The molecule has 0 unspecified atom stereocenters. The average Bonchev–Trinajstić information content (AvgIpc) is 2.94. The van der Waals surface area contributed by atoms with Crippen LogP contribution in [0.5, 0.6) is 0 Å². The fraction of sp³-hybridized carbons (Fsp3) is 0.400. The zero-order chi connectivity index (χ0) is 17.0. The number of halogens is 3. The molecule has 2 N–H and O–H groups in total. The summed E-state index contributed by atoms with van der Waals surface area (Å²) in [6, 6.07) is 4.38. The summed E-state index contributed by atoms with van der Waals surface area (Å²) >= 11 is 0. The standard InChI is InChI=1S/C15H17F3N4O/c1-3-10-4-5-11(21-10)14(23)19-7-6-13-20-9(2)8-12(22-13)15(16,17)18/h4-5,8,21H,3,6-7H2,1-2H3,(H,19,23). The second kappa shape index (κ2) is 6.80. The van der Waals surface area contributed by atoms with Crippen LogP contribution in [-0.4, -0.2) is 27.4 Å². The van der Waals surface area contributed by atoms with Gasteiger partial charge in [0, 0.05) is 24.4 Å². The van der Waals surface area contributed by atoms with Gasteiger partial charge in [-0.25, -0.2) is 9.97 Å². The van der Waals surface area contributed by atoms with E-state index in [1.165, 1.54) is 6.92 Å². The van der Waals surface area contributed by atoms with Gasteiger partial charge in [-0.2, -0.15) is 13.2 Å². The van der Waals surface area contributed by atoms with E-state index in [-0.39, 0.29) is 30.4 Å². The Labute approximate surface area is 131 Å². The monoisotopic (exact) mass is 326 g/mol. The first-order valence-corrected chi connectivity index (χ1v) is 7.17. The number of aryl methyl sites for hydroxylation is 2. The molecule has 0 spiro atoms. The van der Waals surface area contributed by atoms with Crippen molar-refractivity contribution in [2.24, 2.45) is 0 Å². The summed E-state index contributed by atoms with van der Waals surface area (Å²) in [6.45, 7) is 3.59. The quantitative estimate of drug-likeness (QED) is 0.887. The molecule has 8 heteroatoms. The van der Waals surface area contributed by atoms with Gasteiger partial charge in [0.25, 0.3) is 5.91 Å². The van der Waals surface area contributed by atoms with Crippen molar-refractivity contribution in [1.29, 1.82) is 0 Å². The van der Waals surface area contributed by atoms with E-state index in [1.807, 2.05) is 13.0 Å². The van der Waals surface area contributed by atoms with Crippen LogP contribution < -0.4 is 5.32 Å². The van der Waals surface area contributed by atoms with E-state index in [0.717, 1.165) is 18.2 Å². The third-order valence-corrected chi connectivity index (χ3v) is 3.20. The van der Waals surface area contributed by atoms with Gasteiger partial charge < -0.3 is 10.3 Å². The molecule has 124 valence electrons. The smallest absolute Gasteiger partial charge is 0.354 e. The van der Waals surface area contributed by atoms with Crippen molar-refractivity contribution < 1.29 is 18.0 Å². The Morgan fingerprint density at radius 3 is 2.65 bits per heavy atom. The topological polar surface area (TPSA) is 70.7 Å². The fourth-order valence-corrected chi connectivity index (χ4v) is 2.05. The van der Waals surface area contributed by atoms with Crippen LogP contribution in [0, 0.1) is 6.92 Å². The molecule has 0 bridgehead atoms. The maximum Gasteiger partial charge on any atom is 0.433 e. The highest BCUT2D eigenvalue weighted by molar-refractivity contribution is 5.92. The fourth-order valence-electron chi connectivity index (χ4n) is 2.05. The Morgan fingerprint density at radius 2 is 2.04 bits per heavy atom. The molecule has 0 aliphatic heterocycles. The van der Waals surface area contributed by atoms with Crippen LogP contribution in [0.3, 0.4) is 0 Å². The van der Waals surface area contributed by atoms with Crippen molar-refractivity contribution in [3.8, 4) is 0 Å². The Morgan fingerprint density at radius 1 is 1.30 bits per heavy atom. The maximum absolute atomic E-state index is 12.7. The van der Waals surface area contributed by atoms with Gasteiger partial charge >= 0.3 is 6.18 Å². The summed E-state index contributed by atoms with van der Waals surface area (Å²) in [5.41, 5.74) is 0.629. The number of aromatic amines is 1. The van der Waals surface area contributed by atoms with E-state index in [4.69, 9.17) is 0 Å². The number of nitrogens with zero attached hydrogens (tertiary/aromatic N) is 2. The second-order valence-corrected chi connectivity index (χ2v) is 5.07. The first-order valence-electron chi connectivity index (χ1n) is 7.17. The van der Waals surface area contributed by atoms with Gasteiger partial charge in [-0.15, -0.1) is 0 Å². The third-order valence-electron chi connectivity index (χ3n) is 3.20. The summed E-state index contributed by atoms with van der Waals surface area (Å²) in [5.74, 6) is -0.258. The second-order valence-electron chi connectivity index (χ2n) is 5.07. The van der Waals surface area contributed by atoms with E-state index >= 15 is 0 Å². The van der Waals surface area contributed by atoms with Gasteiger partial charge in [0.2, 0.25) is 0 Å². The summed E-state index contributed by atoms with van der Waals surface area (Å²) in [5, 5.41) is 2.63. The minimum atomic E-state index is -4.51. The molecule has 0 fully saturated rings. The first-order chi connectivity index (χ1) is 10.8. The first kappa shape index (κ1) is 17.0. The van der Waals surface area contributed by atoms with E-state index in [9.17, 15) is 18.0 Å². The molecule has 0 radical (unpaired) electrons. The van der Waals surface area contributed by atoms with Crippen molar-refractivity contribution in [3.05, 3.63) is 46.8 Å². The number of aromatic nitrogens is 3. The highest BCUT2D eigenvalue weighted by Crippen LogP contribution is 2.27. The highest BCUT2D eigenvalue weighted by atomic mass is 19.4. The lowest BCUT2D eigenvalue weighted by Crippen LogP contribution is -2.26. The molecule has 23 heavy (non-hydrogen) atoms. The SMILES string of the molecule is CCc1ccc(C(=O)NCCc2nc(C)cc(C(F)(F)F)n2)[nH]1. The van der Waals surface area contributed by atoms with E-state index < -0.39 is 11.9 Å². The highest BCUT2D eigenvalue weighted by Gasteiger charge is 2.33. The predicted molar refractivity (Wildman–Crippen MR) is 78.0 cm³/mol. The summed E-state index contributed by atoms with van der Waals surface area (Å²) < 4.78 is 38.1. The molecular weight excluding hydrogens is 309 g/mol. The Balaban J connectivity index is 1.96. The van der Waals surface area contributed by atoms with Crippen molar-refractivity contribution in [3.63, 3.8) is 0 Å². The lowest BCUT2D eigenvalue weighted by atomic mass is 10.3. The Hall–Kier alpha value is -2.38. The van der Waals surface area contributed by atoms with Crippen LogP contribution in [0.15, 0.2) is 18.2 Å². The van der Waals surface area contributed by atoms with E-state index in [0.29, 0.717) is 5.69 Å². The van der Waals surface area contributed by atoms with Crippen molar-refractivity contribution in [2.45, 2.75) is 32.9 Å². The molecule has 0 atom stereocenters. The van der Waals surface area contributed by atoms with E-state index in [1.54, 1.807) is 6.07 Å². The Bertz CT molecular complexity index is 694. The summed E-state index contributed by atoms with van der Waals surface area (Å²) in [6.07, 6.45) is -3.60. The minimum absolute atomic E-state index is 0.0540. The van der Waals surface area contributed by atoms with Gasteiger partial charge in [0.1, 0.15) is 17.2 Å². The number of amides is 1. The Kier molecular flexibility index (Phi) is 5.02. The van der Waals surface area contributed by atoms with E-state index in [2.05, 4.69) is 20.3 Å². The summed E-state index contributed by atoms with van der Waals surface area (Å²) in [7, 11) is 0. The minimum Gasteiger partial charge on any atom is -0.354 e. The molecule has 2 heterocycles. The molecule has 5 nitrogen and oxygen atoms in total. The van der Waals surface area contributed by atoms with Crippen molar-refractivity contribution in [1.82, 2.24) is 20.3 Å². The van der Waals surface area contributed by atoms with Gasteiger partial charge in [-0.3, -0.25) is 4.79 Å². The number of rotatable bonds is 5. The van der Waals surface area contributed by atoms with Gasteiger partial charge in [0.05, 0.1) is 0 Å². The lowest BCUT2D eigenvalue weighted by molar-refractivity contribution is -0.141. The van der Waals surface area contributed by atoms with Crippen molar-refractivity contribution >= 4 is 5.91 Å². The zero-order valence-electron chi connectivity index (χ0n) is 12.8. The van der Waals surface area contributed by atoms with Crippen LogP contribution in [0.2, 0.25) is 0 Å². The number of hydrogen-bond donors (Lipinski definition) is 2. The maximum atomic E-state index is 12.7. The number of H-pyrrole nitrogens is 1. The molecule has 2 rings (SSSR count). The molecule has 0 saturated carbocycles. The number of hydrogen-bond acceptors (Lipinski definition) is 3. The van der Waals surface area contributed by atoms with Crippen LogP contribution in [0.25, 0.3) is 0 Å². The van der Waals surface area contributed by atoms with Gasteiger partial charge in [0.15, 0.2) is 0 Å². The normalized spacial score (nSPS) is 11.5. The van der Waals surface area contributed by atoms with Gasteiger partial charge in [-0.1, -0.05) is 6.92 Å². The summed E-state index contributed by atoms with van der Waals surface area (Å²) in [4.78, 5) is 22.3. The number of alkyl halides is 3. The largest absolute Gasteiger partial charge is 0.433 e. The number of carbonyl (C=O) groups excluding carboxylic acids is 1. The number of nitrogens with one attached hydrogen (secondary N) is 2. The molecule has 0 aromatic carbocycles. The van der Waals surface area contributed by atoms with Crippen LogP contribution >= 0.6 is 0 Å². The third kappa shape index (κ3) is 4.54. The van der Waals surface area contributed by atoms with Crippen molar-refractivity contribution in [2.75, 3.05) is 6.54 Å². The number of carbonyl (C=O) groups is 1. The van der Waals surface area contributed by atoms with Crippen LogP contribution in [0.4, 0.5) is 13.2 Å². The molecule has 0 aliphatic carbocycles. The predicted octanol–water partition coefficient (Wildman–Crippen LogP) is 2.67. The van der Waals surface area contributed by atoms with Gasteiger partial charge in [-0.05, 0) is 31.5 Å². The zero-order valence-corrected chi connectivity index (χ0v) is 12.8. The molecular formula is C15H17F3N4O.